The Bertz CT molecular complexity index is 271. The Hall–Kier alpha value is 0.716. The van der Waals surface area contributed by atoms with Gasteiger partial charge >= 0.3 is 0 Å². The minimum absolute atomic E-state index is 0.824. The Kier molecular flexibility index (Phi) is 12.6. The number of hydrogen-bond acceptors (Lipinski definition) is 0. The molecule has 0 saturated carbocycles. The van der Waals surface area contributed by atoms with Crippen molar-refractivity contribution in [3.63, 3.8) is 0 Å². The van der Waals surface area contributed by atoms with E-state index < -0.39 is 24.2 Å². The molecule has 0 aromatic heterocycles. The van der Waals surface area contributed by atoms with Crippen LogP contribution in [0.25, 0.3) is 0 Å². The van der Waals surface area contributed by atoms with Crippen LogP contribution in [-0.2, 0) is 0 Å². The zero-order valence-electron chi connectivity index (χ0n) is 19.6. The van der Waals surface area contributed by atoms with E-state index in [0.717, 1.165) is 6.71 Å². The van der Waals surface area contributed by atoms with E-state index in [-0.39, 0.29) is 0 Å². The first-order chi connectivity index (χ1) is 11.3. The van der Waals surface area contributed by atoms with Gasteiger partial charge in [-0.05, 0) is 0 Å². The first-order valence-electron chi connectivity index (χ1n) is 11.3. The monoisotopic (exact) mass is 398 g/mol. The highest BCUT2D eigenvalue weighted by Gasteiger charge is 2.18. The Morgan fingerprint density at radius 2 is 0.640 bits per heavy atom. The first-order valence-corrected chi connectivity index (χ1v) is 22.4. The van der Waals surface area contributed by atoms with Gasteiger partial charge in [0, 0.05) is 24.2 Å². The normalized spacial score (nSPS) is 13.3. The quantitative estimate of drug-likeness (QED) is 0.191. The lowest BCUT2D eigenvalue weighted by atomic mass is 9.41. The number of rotatable bonds is 15. The molecule has 0 saturated heterocycles. The summed E-state index contributed by atoms with van der Waals surface area (Å²) in [6.45, 7) is 23.8. The van der Waals surface area contributed by atoms with Gasteiger partial charge in [-0.25, -0.2) is 0 Å². The van der Waals surface area contributed by atoms with Crippen molar-refractivity contribution in [2.45, 2.75) is 135 Å². The average Bonchev–Trinajstić information content (AvgIpc) is 2.40. The summed E-state index contributed by atoms with van der Waals surface area (Å²) in [6, 6.07) is 4.60. The fourth-order valence-electron chi connectivity index (χ4n) is 3.70. The summed E-state index contributed by atoms with van der Waals surface area (Å²) >= 11 is 0. The topological polar surface area (TPSA) is 0 Å². The molecule has 0 aliphatic heterocycles. The molecule has 0 heterocycles. The third-order valence-electron chi connectivity index (χ3n) is 5.37. The third kappa shape index (κ3) is 20.9. The first kappa shape index (κ1) is 25.7. The van der Waals surface area contributed by atoms with E-state index in [1.807, 2.05) is 0 Å². The maximum atomic E-state index is 2.53. The molecule has 0 spiro atoms. The molecule has 0 N–H and O–H groups in total. The Morgan fingerprint density at radius 1 is 0.400 bits per heavy atom. The molecule has 0 amide bonds. The summed E-state index contributed by atoms with van der Waals surface area (Å²) in [6.07, 6.45) is 13.5. The van der Waals surface area contributed by atoms with Gasteiger partial charge in [0.25, 0.3) is 0 Å². The fourth-order valence-corrected chi connectivity index (χ4v) is 7.63. The van der Waals surface area contributed by atoms with E-state index in [0.29, 0.717) is 0 Å². The van der Waals surface area contributed by atoms with E-state index in [1.54, 1.807) is 0 Å². The molecular weight excluding hydrogens is 347 g/mol. The summed E-state index contributed by atoms with van der Waals surface area (Å²) in [5.74, 6) is 0. The van der Waals surface area contributed by atoms with Crippen molar-refractivity contribution in [1.82, 2.24) is 0 Å². The van der Waals surface area contributed by atoms with Crippen LogP contribution in [0.15, 0.2) is 0 Å². The molecule has 0 unspecified atom stereocenters. The molecule has 0 fully saturated rings. The van der Waals surface area contributed by atoms with Crippen molar-refractivity contribution in [2.24, 2.45) is 0 Å². The highest BCUT2D eigenvalue weighted by Crippen LogP contribution is 2.23. The van der Waals surface area contributed by atoms with Crippen LogP contribution >= 0.6 is 0 Å². The summed E-state index contributed by atoms with van der Waals surface area (Å²) in [4.78, 5) is 0. The maximum Gasteiger partial charge on any atom is 0.139 e. The molecule has 0 aliphatic rings. The predicted octanol–water partition coefficient (Wildman–Crippen LogP) is 8.84. The van der Waals surface area contributed by atoms with Crippen molar-refractivity contribution < 1.29 is 0 Å². The average molecular weight is 399 g/mol. The van der Waals surface area contributed by atoms with Gasteiger partial charge in [-0.1, -0.05) is 135 Å². The lowest BCUT2D eigenvalue weighted by Crippen LogP contribution is -2.20. The molecule has 25 heavy (non-hydrogen) atoms. The molecule has 0 nitrogen and oxygen atoms in total. The standard InChI is InChI=1S/C21H51BSi3/c1-23(2,3)19-13-10-16-22(17-11-14-20-24(4,5)6)18-12-15-21-25(7,8)9/h10-21H2,1-9H3. The molecular formula is C21H51BSi3. The van der Waals surface area contributed by atoms with Gasteiger partial charge in [-0.2, -0.15) is 0 Å². The highest BCUT2D eigenvalue weighted by molar-refractivity contribution is 6.76. The second-order valence-corrected chi connectivity index (χ2v) is 29.1. The van der Waals surface area contributed by atoms with Crippen LogP contribution in [0.3, 0.4) is 0 Å². The summed E-state index contributed by atoms with van der Waals surface area (Å²) in [5, 5.41) is 0. The molecule has 0 aliphatic carbocycles. The Balaban J connectivity index is 4.12. The molecule has 0 aromatic rings. The second-order valence-electron chi connectivity index (χ2n) is 12.3. The largest absolute Gasteiger partial charge is 0.139 e. The van der Waals surface area contributed by atoms with Crippen molar-refractivity contribution >= 4 is 30.9 Å². The van der Waals surface area contributed by atoms with E-state index in [1.165, 1.54) is 75.6 Å². The van der Waals surface area contributed by atoms with E-state index in [2.05, 4.69) is 58.9 Å². The Morgan fingerprint density at radius 3 is 0.840 bits per heavy atom. The lowest BCUT2D eigenvalue weighted by molar-refractivity contribution is 0.800. The highest BCUT2D eigenvalue weighted by atomic mass is 28.3. The van der Waals surface area contributed by atoms with Gasteiger partial charge in [-0.15, -0.1) is 0 Å². The number of unbranched alkanes of at least 4 members (excludes halogenated alkanes) is 3. The van der Waals surface area contributed by atoms with Crippen LogP contribution in [-0.4, -0.2) is 30.9 Å². The SMILES string of the molecule is C[Si](C)(C)CCCCB(CCCC[Si](C)(C)C)CCCC[Si](C)(C)C. The van der Waals surface area contributed by atoms with Crippen molar-refractivity contribution in [3.05, 3.63) is 0 Å². The van der Waals surface area contributed by atoms with Gasteiger partial charge in [0.15, 0.2) is 0 Å². The van der Waals surface area contributed by atoms with Crippen molar-refractivity contribution in [1.29, 1.82) is 0 Å². The number of hydrogen-bond donors (Lipinski definition) is 0. The summed E-state index contributed by atoms with van der Waals surface area (Å²) in [7, 11) is -2.47. The molecule has 0 bridgehead atoms. The minimum atomic E-state index is -0.824. The van der Waals surface area contributed by atoms with E-state index in [9.17, 15) is 0 Å². The van der Waals surface area contributed by atoms with Gasteiger partial charge in [0.1, 0.15) is 6.71 Å². The Labute approximate surface area is 165 Å². The van der Waals surface area contributed by atoms with Crippen LogP contribution in [0.2, 0.25) is 96.0 Å². The van der Waals surface area contributed by atoms with Crippen molar-refractivity contribution in [2.75, 3.05) is 0 Å². The smallest absolute Gasteiger partial charge is 0.0742 e. The van der Waals surface area contributed by atoms with Crippen LogP contribution in [0.1, 0.15) is 38.5 Å². The lowest BCUT2D eigenvalue weighted by Gasteiger charge is -2.19. The van der Waals surface area contributed by atoms with Gasteiger partial charge in [0.2, 0.25) is 0 Å². The zero-order valence-corrected chi connectivity index (χ0v) is 22.6. The molecule has 0 rings (SSSR count). The van der Waals surface area contributed by atoms with Gasteiger partial charge in [-0.3, -0.25) is 0 Å². The molecule has 0 aromatic carbocycles. The summed E-state index contributed by atoms with van der Waals surface area (Å²) in [5.41, 5.74) is 0. The summed E-state index contributed by atoms with van der Waals surface area (Å²) < 4.78 is 0. The molecule has 0 radical (unpaired) electrons. The van der Waals surface area contributed by atoms with Crippen LogP contribution in [0.4, 0.5) is 0 Å². The fraction of sp³-hybridized carbons (Fsp3) is 1.00. The van der Waals surface area contributed by atoms with Crippen LogP contribution < -0.4 is 0 Å². The van der Waals surface area contributed by atoms with Crippen LogP contribution in [0.5, 0.6) is 0 Å². The molecule has 4 heteroatoms. The molecule has 150 valence electrons. The van der Waals surface area contributed by atoms with E-state index in [4.69, 9.17) is 0 Å². The van der Waals surface area contributed by atoms with E-state index >= 15 is 0 Å². The second kappa shape index (κ2) is 12.2. The van der Waals surface area contributed by atoms with Gasteiger partial charge in [0.05, 0.1) is 0 Å². The third-order valence-corrected chi connectivity index (χ3v) is 10.9. The van der Waals surface area contributed by atoms with Gasteiger partial charge < -0.3 is 0 Å². The van der Waals surface area contributed by atoms with Crippen LogP contribution in [0, 0.1) is 0 Å². The zero-order chi connectivity index (χ0) is 19.6. The maximum absolute atomic E-state index is 2.53. The molecule has 0 atom stereocenters. The predicted molar refractivity (Wildman–Crippen MR) is 132 cm³/mol. The van der Waals surface area contributed by atoms with Crippen molar-refractivity contribution in [3.8, 4) is 0 Å². The minimum Gasteiger partial charge on any atom is -0.0742 e.